The van der Waals surface area contributed by atoms with E-state index in [0.29, 0.717) is 24.3 Å². The molecule has 1 aromatic heterocycles. The molecule has 88 valence electrons. The summed E-state index contributed by atoms with van der Waals surface area (Å²) >= 11 is 6.04. The third kappa shape index (κ3) is 2.04. The molecular weight excluding hydrogens is 242 g/mol. The van der Waals surface area contributed by atoms with Crippen LogP contribution in [0.5, 0.6) is 0 Å². The lowest BCUT2D eigenvalue weighted by Gasteiger charge is -2.23. The van der Waals surface area contributed by atoms with Crippen molar-refractivity contribution in [3.05, 3.63) is 22.8 Å². The number of carboxylic acid groups (broad SMARTS) is 1. The van der Waals surface area contributed by atoms with Crippen molar-refractivity contribution < 1.29 is 9.90 Å². The molecule has 0 saturated carbocycles. The summed E-state index contributed by atoms with van der Waals surface area (Å²) in [4.78, 5) is 16.8. The number of nitrogens with zero attached hydrogens (tertiary/aromatic N) is 3. The number of nitriles is 1. The van der Waals surface area contributed by atoms with Gasteiger partial charge < -0.3 is 10.0 Å². The van der Waals surface area contributed by atoms with Gasteiger partial charge in [0.1, 0.15) is 23.0 Å². The van der Waals surface area contributed by atoms with E-state index in [1.807, 2.05) is 6.07 Å². The van der Waals surface area contributed by atoms with Gasteiger partial charge in [0, 0.05) is 12.7 Å². The van der Waals surface area contributed by atoms with Crippen LogP contribution in [0.15, 0.2) is 12.3 Å². The zero-order chi connectivity index (χ0) is 12.4. The maximum atomic E-state index is 11.1. The summed E-state index contributed by atoms with van der Waals surface area (Å²) < 4.78 is 0. The summed E-state index contributed by atoms with van der Waals surface area (Å²) in [6, 6.07) is 2.87. The minimum Gasteiger partial charge on any atom is -0.480 e. The minimum atomic E-state index is -0.886. The first-order valence-corrected chi connectivity index (χ1v) is 5.57. The van der Waals surface area contributed by atoms with Gasteiger partial charge in [0.05, 0.1) is 5.56 Å². The first kappa shape index (κ1) is 11.7. The Bertz CT molecular complexity index is 498. The van der Waals surface area contributed by atoms with Crippen LogP contribution in [0.3, 0.4) is 0 Å². The van der Waals surface area contributed by atoms with Crippen molar-refractivity contribution in [2.75, 3.05) is 11.4 Å². The number of anilines is 1. The van der Waals surface area contributed by atoms with Gasteiger partial charge in [0.25, 0.3) is 0 Å². The Morgan fingerprint density at radius 3 is 3.12 bits per heavy atom. The highest BCUT2D eigenvalue weighted by atomic mass is 35.5. The number of aromatic nitrogens is 1. The lowest BCUT2D eigenvalue weighted by atomic mass is 10.2. The van der Waals surface area contributed by atoms with Crippen LogP contribution in [-0.2, 0) is 4.79 Å². The average molecular weight is 252 g/mol. The molecule has 1 saturated heterocycles. The van der Waals surface area contributed by atoms with Gasteiger partial charge in [-0.25, -0.2) is 9.78 Å². The molecule has 17 heavy (non-hydrogen) atoms. The molecule has 0 amide bonds. The molecule has 5 nitrogen and oxygen atoms in total. The number of aliphatic carboxylic acids is 1. The zero-order valence-corrected chi connectivity index (χ0v) is 9.68. The Morgan fingerprint density at radius 1 is 1.71 bits per heavy atom. The second-order valence-corrected chi connectivity index (χ2v) is 4.18. The van der Waals surface area contributed by atoms with Crippen molar-refractivity contribution >= 4 is 23.4 Å². The lowest BCUT2D eigenvalue weighted by Crippen LogP contribution is -2.36. The molecule has 0 aromatic carbocycles. The van der Waals surface area contributed by atoms with E-state index in [0.717, 1.165) is 6.42 Å². The Morgan fingerprint density at radius 2 is 2.47 bits per heavy atom. The van der Waals surface area contributed by atoms with Gasteiger partial charge >= 0.3 is 5.97 Å². The Labute approximate surface area is 103 Å². The molecule has 1 unspecified atom stereocenters. The summed E-state index contributed by atoms with van der Waals surface area (Å²) in [6.45, 7) is 0.596. The van der Waals surface area contributed by atoms with Crippen molar-refractivity contribution in [1.29, 1.82) is 5.26 Å². The van der Waals surface area contributed by atoms with Crippen LogP contribution >= 0.6 is 11.6 Å². The second kappa shape index (κ2) is 4.60. The quantitative estimate of drug-likeness (QED) is 0.865. The van der Waals surface area contributed by atoms with Gasteiger partial charge in [-0.05, 0) is 18.9 Å². The van der Waals surface area contributed by atoms with Crippen LogP contribution in [0, 0.1) is 11.3 Å². The molecule has 1 N–H and O–H groups in total. The highest BCUT2D eigenvalue weighted by Crippen LogP contribution is 2.31. The molecule has 1 aromatic rings. The monoisotopic (exact) mass is 251 g/mol. The van der Waals surface area contributed by atoms with Gasteiger partial charge in [0.2, 0.25) is 0 Å². The van der Waals surface area contributed by atoms with Crippen molar-refractivity contribution in [2.45, 2.75) is 18.9 Å². The number of carbonyl (C=O) groups is 1. The predicted molar refractivity (Wildman–Crippen MR) is 62.0 cm³/mol. The molecule has 0 spiro atoms. The molecule has 2 rings (SSSR count). The molecule has 0 bridgehead atoms. The van der Waals surface area contributed by atoms with E-state index in [9.17, 15) is 4.79 Å². The molecule has 1 aliphatic rings. The van der Waals surface area contributed by atoms with Crippen molar-refractivity contribution in [3.8, 4) is 6.07 Å². The molecule has 0 aliphatic carbocycles. The van der Waals surface area contributed by atoms with Crippen molar-refractivity contribution in [1.82, 2.24) is 4.98 Å². The normalized spacial score (nSPS) is 19.1. The highest BCUT2D eigenvalue weighted by Gasteiger charge is 2.32. The minimum absolute atomic E-state index is 0.225. The third-order valence-electron chi connectivity index (χ3n) is 2.80. The first-order chi connectivity index (χ1) is 8.15. The van der Waals surface area contributed by atoms with Gasteiger partial charge in [-0.15, -0.1) is 0 Å². The van der Waals surface area contributed by atoms with Crippen LogP contribution in [0.25, 0.3) is 0 Å². The van der Waals surface area contributed by atoms with Gasteiger partial charge in [0.15, 0.2) is 0 Å². The fraction of sp³-hybridized carbons (Fsp3) is 0.364. The van der Waals surface area contributed by atoms with Crippen LogP contribution in [0.4, 0.5) is 5.82 Å². The van der Waals surface area contributed by atoms with Crippen LogP contribution in [0.2, 0.25) is 5.02 Å². The largest absolute Gasteiger partial charge is 0.480 e. The Hall–Kier alpha value is -1.80. The number of carboxylic acids is 1. The molecule has 0 radical (unpaired) electrons. The van der Waals surface area contributed by atoms with Crippen LogP contribution in [-0.4, -0.2) is 28.6 Å². The van der Waals surface area contributed by atoms with E-state index in [2.05, 4.69) is 4.98 Å². The summed E-state index contributed by atoms with van der Waals surface area (Å²) in [5.74, 6) is -0.502. The maximum Gasteiger partial charge on any atom is 0.326 e. The van der Waals surface area contributed by atoms with Gasteiger partial charge in [-0.2, -0.15) is 5.26 Å². The standard InChI is InChI=1S/C11H10ClN3O2/c12-9-7(6-13)3-4-14-10(9)15-5-1-2-8(15)11(16)17/h3-4,8H,1-2,5H2,(H,16,17). The summed E-state index contributed by atoms with van der Waals surface area (Å²) in [6.07, 6.45) is 2.83. The van der Waals surface area contributed by atoms with E-state index >= 15 is 0 Å². The predicted octanol–water partition coefficient (Wildman–Crippen LogP) is 1.66. The Kier molecular flexibility index (Phi) is 3.16. The zero-order valence-electron chi connectivity index (χ0n) is 8.93. The highest BCUT2D eigenvalue weighted by molar-refractivity contribution is 6.34. The summed E-state index contributed by atoms with van der Waals surface area (Å²) in [5, 5.41) is 18.2. The third-order valence-corrected chi connectivity index (χ3v) is 3.17. The summed E-state index contributed by atoms with van der Waals surface area (Å²) in [5.41, 5.74) is 0.313. The summed E-state index contributed by atoms with van der Waals surface area (Å²) in [7, 11) is 0. The first-order valence-electron chi connectivity index (χ1n) is 5.19. The fourth-order valence-electron chi connectivity index (χ4n) is 2.00. The van der Waals surface area contributed by atoms with Gasteiger partial charge in [-0.1, -0.05) is 11.6 Å². The van der Waals surface area contributed by atoms with Crippen LogP contribution in [0.1, 0.15) is 18.4 Å². The maximum absolute atomic E-state index is 11.1. The van der Waals surface area contributed by atoms with E-state index in [4.69, 9.17) is 22.0 Å². The topological polar surface area (TPSA) is 77.2 Å². The molecule has 1 aliphatic heterocycles. The molecular formula is C11H10ClN3O2. The van der Waals surface area contributed by atoms with Gasteiger partial charge in [-0.3, -0.25) is 0 Å². The smallest absolute Gasteiger partial charge is 0.326 e. The fourth-order valence-corrected chi connectivity index (χ4v) is 2.26. The van der Waals surface area contributed by atoms with E-state index < -0.39 is 12.0 Å². The number of rotatable bonds is 2. The number of halogens is 1. The van der Waals surface area contributed by atoms with Crippen LogP contribution < -0.4 is 4.90 Å². The lowest BCUT2D eigenvalue weighted by molar-refractivity contribution is -0.138. The Balaban J connectivity index is 2.41. The second-order valence-electron chi connectivity index (χ2n) is 3.80. The molecule has 1 atom stereocenters. The average Bonchev–Trinajstić information content (AvgIpc) is 2.78. The van der Waals surface area contributed by atoms with E-state index in [1.165, 1.54) is 12.3 Å². The number of pyridine rings is 1. The molecule has 1 fully saturated rings. The SMILES string of the molecule is N#Cc1ccnc(N2CCCC2C(=O)O)c1Cl. The molecule has 6 heteroatoms. The van der Waals surface area contributed by atoms with E-state index in [-0.39, 0.29) is 5.02 Å². The molecule has 2 heterocycles. The number of hydrogen-bond acceptors (Lipinski definition) is 4. The van der Waals surface area contributed by atoms with Crippen molar-refractivity contribution in [2.24, 2.45) is 0 Å². The van der Waals surface area contributed by atoms with Crippen molar-refractivity contribution in [3.63, 3.8) is 0 Å². The number of hydrogen-bond donors (Lipinski definition) is 1. The van der Waals surface area contributed by atoms with E-state index in [1.54, 1.807) is 4.90 Å².